The molecule has 0 atom stereocenters. The zero-order valence-electron chi connectivity index (χ0n) is 21.9. The van der Waals surface area contributed by atoms with Crippen LogP contribution in [0, 0.1) is 0 Å². The van der Waals surface area contributed by atoms with Gasteiger partial charge in [-0.1, -0.05) is 18.2 Å². The molecule has 9 heteroatoms. The summed E-state index contributed by atoms with van der Waals surface area (Å²) in [5, 5.41) is 3.95. The molecule has 1 saturated heterocycles. The monoisotopic (exact) mass is 502 g/mol. The van der Waals surface area contributed by atoms with Gasteiger partial charge in [0.1, 0.15) is 0 Å². The molecule has 3 heterocycles. The molecule has 1 aliphatic rings. The lowest BCUT2D eigenvalue weighted by atomic mass is 10.0. The van der Waals surface area contributed by atoms with Crippen molar-refractivity contribution in [2.24, 2.45) is 7.05 Å². The summed E-state index contributed by atoms with van der Waals surface area (Å²) in [6.45, 7) is 8.55. The molecule has 0 radical (unpaired) electrons. The van der Waals surface area contributed by atoms with Crippen molar-refractivity contribution in [2.75, 3.05) is 45.2 Å². The number of nitrogens with one attached hydrogen (secondary N) is 1. The lowest BCUT2D eigenvalue weighted by molar-refractivity contribution is 0.125. The van der Waals surface area contributed by atoms with Gasteiger partial charge in [-0.15, -0.1) is 0 Å². The minimum Gasteiger partial charge on any atom is -0.383 e. The number of amides is 2. The van der Waals surface area contributed by atoms with Crippen molar-refractivity contribution in [3.63, 3.8) is 0 Å². The van der Waals surface area contributed by atoms with Gasteiger partial charge in [0.25, 0.3) is 0 Å². The molecule has 0 bridgehead atoms. The number of hydrogen-bond donors (Lipinski definition) is 1. The summed E-state index contributed by atoms with van der Waals surface area (Å²) in [5.74, 6) is 0. The number of methoxy groups -OCH3 is 1. The van der Waals surface area contributed by atoms with Gasteiger partial charge in [0.2, 0.25) is 0 Å². The van der Waals surface area contributed by atoms with Gasteiger partial charge in [-0.3, -0.25) is 19.0 Å². The van der Waals surface area contributed by atoms with Crippen LogP contribution >= 0.6 is 0 Å². The largest absolute Gasteiger partial charge is 0.383 e. The van der Waals surface area contributed by atoms with Crippen LogP contribution in [-0.2, 0) is 18.3 Å². The minimum atomic E-state index is -0.0857. The molecule has 1 fully saturated rings. The number of fused-ring (bicyclic) bond motifs is 3. The van der Waals surface area contributed by atoms with Crippen LogP contribution in [0.1, 0.15) is 13.8 Å². The third-order valence-electron chi connectivity index (χ3n) is 7.29. The average Bonchev–Trinajstić information content (AvgIpc) is 3.17. The maximum absolute atomic E-state index is 12.9. The number of ether oxygens (including phenoxy) is 1. The lowest BCUT2D eigenvalue weighted by Gasteiger charge is -2.36. The van der Waals surface area contributed by atoms with Crippen molar-refractivity contribution in [3.8, 4) is 11.1 Å². The van der Waals surface area contributed by atoms with E-state index in [4.69, 9.17) is 4.74 Å². The van der Waals surface area contributed by atoms with E-state index in [9.17, 15) is 9.59 Å². The van der Waals surface area contributed by atoms with Crippen molar-refractivity contribution in [2.45, 2.75) is 26.4 Å². The number of nitrogens with zero attached hydrogens (tertiary/aromatic N) is 5. The highest BCUT2D eigenvalue weighted by molar-refractivity contribution is 6.04. The predicted octanol–water partition coefficient (Wildman–Crippen LogP) is 3.76. The van der Waals surface area contributed by atoms with Crippen LogP contribution in [0.25, 0.3) is 33.1 Å². The van der Waals surface area contributed by atoms with Crippen molar-refractivity contribution in [1.29, 1.82) is 0 Å². The van der Waals surface area contributed by atoms with E-state index in [1.54, 1.807) is 29.5 Å². The molecule has 2 aromatic carbocycles. The number of rotatable bonds is 6. The molecule has 4 aromatic rings. The van der Waals surface area contributed by atoms with Crippen molar-refractivity contribution < 1.29 is 9.53 Å². The van der Waals surface area contributed by atoms with E-state index in [1.807, 2.05) is 41.3 Å². The summed E-state index contributed by atoms with van der Waals surface area (Å²) in [7, 11) is 3.40. The molecule has 5 rings (SSSR count). The molecule has 1 N–H and O–H groups in total. The van der Waals surface area contributed by atoms with Gasteiger partial charge in [0, 0.05) is 57.5 Å². The molecule has 2 amide bonds. The molecule has 0 saturated carbocycles. The normalized spacial score (nSPS) is 14.7. The minimum absolute atomic E-state index is 0.0616. The highest BCUT2D eigenvalue weighted by atomic mass is 16.5. The van der Waals surface area contributed by atoms with Gasteiger partial charge in [-0.05, 0) is 49.2 Å². The van der Waals surface area contributed by atoms with Crippen LogP contribution in [0.5, 0.6) is 0 Å². The van der Waals surface area contributed by atoms with Crippen LogP contribution in [0.2, 0.25) is 0 Å². The Morgan fingerprint density at radius 2 is 1.76 bits per heavy atom. The predicted molar refractivity (Wildman–Crippen MR) is 147 cm³/mol. The summed E-state index contributed by atoms with van der Waals surface area (Å²) in [4.78, 5) is 34.5. The number of urea groups is 1. The summed E-state index contributed by atoms with van der Waals surface area (Å²) in [6, 6.07) is 14.4. The Morgan fingerprint density at radius 3 is 2.43 bits per heavy atom. The van der Waals surface area contributed by atoms with E-state index in [0.29, 0.717) is 19.2 Å². The van der Waals surface area contributed by atoms with E-state index in [1.165, 1.54) is 0 Å². The van der Waals surface area contributed by atoms with E-state index in [-0.39, 0.29) is 11.7 Å². The Balaban J connectivity index is 1.39. The standard InChI is InChI=1S/C28H34N6O3/c1-19(2)32-11-13-33(14-12-32)27(35)30-22-8-5-20(6-9-22)21-7-10-24-23(17-21)26-25(18-29-24)31(3)28(36)34(26)15-16-37-4/h5-10,17-19H,11-16H2,1-4H3,(H,30,35). The SMILES string of the molecule is COCCn1c(=O)n(C)c2cnc3ccc(-c4ccc(NC(=O)N5CCN(C(C)C)CC5)cc4)cc3c21. The molecule has 194 valence electrons. The maximum Gasteiger partial charge on any atom is 0.328 e. The van der Waals surface area contributed by atoms with Crippen LogP contribution < -0.4 is 11.0 Å². The topological polar surface area (TPSA) is 84.6 Å². The fourth-order valence-corrected chi connectivity index (χ4v) is 5.04. The first kappa shape index (κ1) is 25.0. The number of carbonyl (C=O) groups excluding carboxylic acids is 1. The van der Waals surface area contributed by atoms with E-state index in [0.717, 1.165) is 64.9 Å². The number of aryl methyl sites for hydroxylation is 1. The first-order valence-corrected chi connectivity index (χ1v) is 12.7. The van der Waals surface area contributed by atoms with Crippen molar-refractivity contribution in [1.82, 2.24) is 23.9 Å². The molecular weight excluding hydrogens is 468 g/mol. The van der Waals surface area contributed by atoms with Crippen molar-refractivity contribution in [3.05, 3.63) is 59.1 Å². The van der Waals surface area contributed by atoms with E-state index >= 15 is 0 Å². The Kier molecular flexibility index (Phi) is 6.99. The zero-order chi connectivity index (χ0) is 26.1. The Hall–Kier alpha value is -3.69. The van der Waals surface area contributed by atoms with Gasteiger partial charge >= 0.3 is 11.7 Å². The number of aromatic nitrogens is 3. The van der Waals surface area contributed by atoms with E-state index < -0.39 is 0 Å². The fourth-order valence-electron chi connectivity index (χ4n) is 5.04. The molecule has 0 spiro atoms. The number of carbonyl (C=O) groups is 1. The highest BCUT2D eigenvalue weighted by Crippen LogP contribution is 2.29. The number of piperazine rings is 1. The number of imidazole rings is 1. The number of anilines is 1. The number of pyridine rings is 1. The van der Waals surface area contributed by atoms with Crippen molar-refractivity contribution >= 4 is 33.7 Å². The molecule has 0 unspecified atom stereocenters. The summed E-state index contributed by atoms with van der Waals surface area (Å²) >= 11 is 0. The highest BCUT2D eigenvalue weighted by Gasteiger charge is 2.22. The first-order chi connectivity index (χ1) is 17.9. The molecule has 2 aromatic heterocycles. The van der Waals surface area contributed by atoms with Crippen LogP contribution in [0.4, 0.5) is 10.5 Å². The molecule has 37 heavy (non-hydrogen) atoms. The summed E-state index contributed by atoms with van der Waals surface area (Å²) in [6.07, 6.45) is 1.75. The quantitative estimate of drug-likeness (QED) is 0.434. The average molecular weight is 503 g/mol. The third kappa shape index (κ3) is 4.84. The lowest BCUT2D eigenvalue weighted by Crippen LogP contribution is -2.51. The Bertz CT molecular complexity index is 1480. The van der Waals surface area contributed by atoms with Crippen LogP contribution in [0.3, 0.4) is 0 Å². The van der Waals surface area contributed by atoms with Gasteiger partial charge in [0.05, 0.1) is 35.9 Å². The van der Waals surface area contributed by atoms with Crippen LogP contribution in [-0.4, -0.2) is 75.9 Å². The third-order valence-corrected chi connectivity index (χ3v) is 7.29. The van der Waals surface area contributed by atoms with Gasteiger partial charge in [-0.2, -0.15) is 0 Å². The van der Waals surface area contributed by atoms with Gasteiger partial charge in [-0.25, -0.2) is 9.59 Å². The fraction of sp³-hybridized carbons (Fsp3) is 0.393. The van der Waals surface area contributed by atoms with E-state index in [2.05, 4.69) is 35.1 Å². The number of benzene rings is 2. The maximum atomic E-state index is 12.9. The Labute approximate surface area is 216 Å². The molecule has 0 aliphatic carbocycles. The second-order valence-electron chi connectivity index (χ2n) is 9.83. The molecule has 9 nitrogen and oxygen atoms in total. The van der Waals surface area contributed by atoms with Crippen LogP contribution in [0.15, 0.2) is 53.5 Å². The second kappa shape index (κ2) is 10.4. The smallest absolute Gasteiger partial charge is 0.328 e. The molecular formula is C28H34N6O3. The summed E-state index contributed by atoms with van der Waals surface area (Å²) < 4.78 is 8.62. The zero-order valence-corrected chi connectivity index (χ0v) is 21.9. The Morgan fingerprint density at radius 1 is 1.05 bits per heavy atom. The first-order valence-electron chi connectivity index (χ1n) is 12.7. The van der Waals surface area contributed by atoms with Gasteiger partial charge < -0.3 is 15.0 Å². The van der Waals surface area contributed by atoms with Gasteiger partial charge in [0.15, 0.2) is 0 Å². The summed E-state index contributed by atoms with van der Waals surface area (Å²) in [5.41, 5.74) is 5.19. The second-order valence-corrected chi connectivity index (χ2v) is 9.83. The molecule has 1 aliphatic heterocycles. The number of hydrogen-bond acceptors (Lipinski definition) is 5.